The first-order valence-corrected chi connectivity index (χ1v) is 7.59. The number of carbonyl (C=O) groups excluding carboxylic acids is 1. The van der Waals surface area contributed by atoms with Crippen molar-refractivity contribution < 1.29 is 15.0 Å². The first kappa shape index (κ1) is 15.2. The van der Waals surface area contributed by atoms with Crippen LogP contribution in [0.15, 0.2) is 30.3 Å². The Morgan fingerprint density at radius 3 is 2.50 bits per heavy atom. The fourth-order valence-corrected chi connectivity index (χ4v) is 2.95. The molecule has 3 nitrogen and oxygen atoms in total. The van der Waals surface area contributed by atoms with E-state index in [-0.39, 0.29) is 5.78 Å². The molecule has 2 N–H and O–H groups in total. The molecular formula is C17H24O3. The summed E-state index contributed by atoms with van der Waals surface area (Å²) in [6, 6.07) is 10.4. The average molecular weight is 276 g/mol. The smallest absolute Gasteiger partial charge is 0.163 e. The zero-order valence-electron chi connectivity index (χ0n) is 11.9. The summed E-state index contributed by atoms with van der Waals surface area (Å²) >= 11 is 0. The van der Waals surface area contributed by atoms with E-state index >= 15 is 0 Å². The molecule has 0 aromatic heterocycles. The van der Waals surface area contributed by atoms with Crippen LogP contribution in [0.25, 0.3) is 0 Å². The van der Waals surface area contributed by atoms with Crippen molar-refractivity contribution in [2.24, 2.45) is 5.92 Å². The molecule has 0 saturated heterocycles. The predicted molar refractivity (Wildman–Crippen MR) is 78.4 cm³/mol. The number of hydrogen-bond donors (Lipinski definition) is 2. The monoisotopic (exact) mass is 276 g/mol. The fraction of sp³-hybridized carbons (Fsp3) is 0.588. The van der Waals surface area contributed by atoms with E-state index in [0.29, 0.717) is 18.8 Å². The number of ketones is 1. The quantitative estimate of drug-likeness (QED) is 0.872. The van der Waals surface area contributed by atoms with Crippen LogP contribution in [0, 0.1) is 5.92 Å². The molecule has 1 fully saturated rings. The third-order valence-electron chi connectivity index (χ3n) is 4.22. The maximum atomic E-state index is 11.6. The molecule has 20 heavy (non-hydrogen) atoms. The van der Waals surface area contributed by atoms with Gasteiger partial charge in [-0.15, -0.1) is 0 Å². The Morgan fingerprint density at radius 1 is 1.00 bits per heavy atom. The average Bonchev–Trinajstić information content (AvgIpc) is 2.47. The molecule has 3 heteroatoms. The fourth-order valence-electron chi connectivity index (χ4n) is 2.95. The Labute approximate surface area is 120 Å². The second kappa shape index (κ2) is 7.55. The van der Waals surface area contributed by atoms with Crippen molar-refractivity contribution in [2.45, 2.75) is 57.2 Å². The van der Waals surface area contributed by atoms with Gasteiger partial charge in [-0.05, 0) is 37.2 Å². The van der Waals surface area contributed by atoms with E-state index in [0.717, 1.165) is 32.1 Å². The molecule has 1 aromatic rings. The highest BCUT2D eigenvalue weighted by Crippen LogP contribution is 2.24. The van der Waals surface area contributed by atoms with E-state index in [1.54, 1.807) is 0 Å². The second-order valence-corrected chi connectivity index (χ2v) is 5.86. The van der Waals surface area contributed by atoms with Crippen LogP contribution in [0.5, 0.6) is 0 Å². The molecule has 1 aromatic carbocycles. The molecule has 0 heterocycles. The van der Waals surface area contributed by atoms with Gasteiger partial charge in [0.2, 0.25) is 0 Å². The molecule has 2 rings (SSSR count). The second-order valence-electron chi connectivity index (χ2n) is 5.86. The van der Waals surface area contributed by atoms with Gasteiger partial charge in [-0.2, -0.15) is 0 Å². The summed E-state index contributed by atoms with van der Waals surface area (Å²) < 4.78 is 0. The van der Waals surface area contributed by atoms with Crippen LogP contribution < -0.4 is 0 Å². The summed E-state index contributed by atoms with van der Waals surface area (Å²) in [7, 11) is 0. The van der Waals surface area contributed by atoms with Gasteiger partial charge in [0.15, 0.2) is 5.78 Å². The van der Waals surface area contributed by atoms with E-state index in [2.05, 4.69) is 12.1 Å². The topological polar surface area (TPSA) is 57.5 Å². The van der Waals surface area contributed by atoms with Crippen molar-refractivity contribution in [3.8, 4) is 0 Å². The summed E-state index contributed by atoms with van der Waals surface area (Å²) in [5, 5.41) is 19.6. The summed E-state index contributed by atoms with van der Waals surface area (Å²) in [6.45, 7) is 0. The Kier molecular flexibility index (Phi) is 5.74. The standard InChI is InChI=1S/C17H24O3/c18-15-9-5-4-8-14(10-11-16(19)17(15)20)12-13-6-2-1-3-7-13/h1-3,6-7,14,16-17,19-20H,4-5,8-12H2. The lowest BCUT2D eigenvalue weighted by Gasteiger charge is -2.23. The zero-order chi connectivity index (χ0) is 14.4. The molecule has 1 aliphatic rings. The molecule has 0 bridgehead atoms. The summed E-state index contributed by atoms with van der Waals surface area (Å²) in [6.07, 6.45) is 3.59. The first-order valence-electron chi connectivity index (χ1n) is 7.59. The highest BCUT2D eigenvalue weighted by molar-refractivity contribution is 5.83. The SMILES string of the molecule is O=C1CCCCC(Cc2ccccc2)CCC(O)C1O. The predicted octanol–water partition coefficient (Wildman–Crippen LogP) is 2.49. The molecular weight excluding hydrogens is 252 g/mol. The van der Waals surface area contributed by atoms with Crippen LogP contribution in [0.2, 0.25) is 0 Å². The Hall–Kier alpha value is -1.19. The van der Waals surface area contributed by atoms with Crippen LogP contribution in [-0.2, 0) is 11.2 Å². The van der Waals surface area contributed by atoms with Crippen LogP contribution in [0.4, 0.5) is 0 Å². The van der Waals surface area contributed by atoms with Gasteiger partial charge in [0, 0.05) is 6.42 Å². The van der Waals surface area contributed by atoms with Crippen molar-refractivity contribution in [3.05, 3.63) is 35.9 Å². The summed E-state index contributed by atoms with van der Waals surface area (Å²) in [5.41, 5.74) is 1.32. The minimum absolute atomic E-state index is 0.209. The van der Waals surface area contributed by atoms with Gasteiger partial charge in [-0.3, -0.25) is 4.79 Å². The number of Topliss-reactive ketones (excluding diaryl/α,β-unsaturated/α-hetero) is 1. The normalized spacial score (nSPS) is 29.1. The van der Waals surface area contributed by atoms with Gasteiger partial charge < -0.3 is 10.2 Å². The molecule has 110 valence electrons. The molecule has 0 aliphatic heterocycles. The molecule has 1 aliphatic carbocycles. The van der Waals surface area contributed by atoms with E-state index in [4.69, 9.17) is 0 Å². The molecule has 0 amide bonds. The zero-order valence-corrected chi connectivity index (χ0v) is 11.9. The number of carbonyl (C=O) groups is 1. The van der Waals surface area contributed by atoms with Crippen molar-refractivity contribution in [3.63, 3.8) is 0 Å². The highest BCUT2D eigenvalue weighted by Gasteiger charge is 2.25. The third kappa shape index (κ3) is 4.43. The summed E-state index contributed by atoms with van der Waals surface area (Å²) in [4.78, 5) is 11.6. The number of rotatable bonds is 2. The van der Waals surface area contributed by atoms with Gasteiger partial charge in [-0.1, -0.05) is 43.2 Å². The van der Waals surface area contributed by atoms with Crippen molar-refractivity contribution in [1.82, 2.24) is 0 Å². The van der Waals surface area contributed by atoms with Gasteiger partial charge in [-0.25, -0.2) is 0 Å². The molecule has 1 saturated carbocycles. The summed E-state index contributed by atoms with van der Waals surface area (Å²) in [5.74, 6) is 0.312. The van der Waals surface area contributed by atoms with Gasteiger partial charge in [0.25, 0.3) is 0 Å². The number of aliphatic hydroxyl groups excluding tert-OH is 2. The molecule has 0 radical (unpaired) electrons. The Bertz CT molecular complexity index is 416. The van der Waals surface area contributed by atoms with E-state index in [1.165, 1.54) is 5.56 Å². The highest BCUT2D eigenvalue weighted by atomic mass is 16.3. The van der Waals surface area contributed by atoms with Crippen LogP contribution >= 0.6 is 0 Å². The van der Waals surface area contributed by atoms with E-state index in [9.17, 15) is 15.0 Å². The largest absolute Gasteiger partial charge is 0.390 e. The van der Waals surface area contributed by atoms with Gasteiger partial charge in [0.05, 0.1) is 6.10 Å². The number of aliphatic hydroxyl groups is 2. The van der Waals surface area contributed by atoms with Crippen molar-refractivity contribution >= 4 is 5.78 Å². The minimum Gasteiger partial charge on any atom is -0.390 e. The third-order valence-corrected chi connectivity index (χ3v) is 4.22. The lowest BCUT2D eigenvalue weighted by atomic mass is 9.86. The molecule has 3 atom stereocenters. The van der Waals surface area contributed by atoms with Gasteiger partial charge in [0.1, 0.15) is 6.10 Å². The maximum absolute atomic E-state index is 11.6. The molecule has 3 unspecified atom stereocenters. The van der Waals surface area contributed by atoms with Crippen molar-refractivity contribution in [2.75, 3.05) is 0 Å². The maximum Gasteiger partial charge on any atom is 0.163 e. The van der Waals surface area contributed by atoms with Crippen LogP contribution in [-0.4, -0.2) is 28.2 Å². The number of hydrogen-bond acceptors (Lipinski definition) is 3. The van der Waals surface area contributed by atoms with E-state index in [1.807, 2.05) is 18.2 Å². The van der Waals surface area contributed by atoms with Crippen LogP contribution in [0.1, 0.15) is 44.1 Å². The van der Waals surface area contributed by atoms with Gasteiger partial charge >= 0.3 is 0 Å². The van der Waals surface area contributed by atoms with Crippen molar-refractivity contribution in [1.29, 1.82) is 0 Å². The minimum atomic E-state index is -1.19. The Morgan fingerprint density at radius 2 is 1.75 bits per heavy atom. The lowest BCUT2D eigenvalue weighted by molar-refractivity contribution is -0.133. The first-order chi connectivity index (χ1) is 9.66. The lowest BCUT2D eigenvalue weighted by Crippen LogP contribution is -2.34. The Balaban J connectivity index is 1.95. The van der Waals surface area contributed by atoms with E-state index < -0.39 is 12.2 Å². The van der Waals surface area contributed by atoms with Crippen LogP contribution in [0.3, 0.4) is 0 Å². The number of benzene rings is 1. The molecule has 0 spiro atoms.